The van der Waals surface area contributed by atoms with E-state index in [0.717, 1.165) is 28.5 Å². The molecule has 0 fully saturated rings. The van der Waals surface area contributed by atoms with Crippen LogP contribution in [0.25, 0.3) is 22.0 Å². The highest BCUT2D eigenvalue weighted by Crippen LogP contribution is 2.26. The van der Waals surface area contributed by atoms with Crippen LogP contribution in [0.2, 0.25) is 0 Å². The number of amides is 1. The molecule has 0 bridgehead atoms. The van der Waals surface area contributed by atoms with Gasteiger partial charge in [-0.2, -0.15) is 0 Å². The maximum atomic E-state index is 13.0. The zero-order valence-electron chi connectivity index (χ0n) is 14.4. The molecule has 1 amide bonds. The van der Waals surface area contributed by atoms with Crippen LogP contribution in [0.1, 0.15) is 30.8 Å². The molecule has 1 atom stereocenters. The third-order valence-electron chi connectivity index (χ3n) is 4.58. The molecule has 3 nitrogen and oxygen atoms in total. The van der Waals surface area contributed by atoms with Gasteiger partial charge in [-0.25, -0.2) is 4.98 Å². The molecule has 3 heteroatoms. The normalized spacial score (nSPS) is 12.1. The van der Waals surface area contributed by atoms with Crippen LogP contribution in [0.5, 0.6) is 0 Å². The molecular weight excluding hydrogens is 296 g/mol. The molecule has 0 saturated heterocycles. The lowest BCUT2D eigenvalue weighted by molar-refractivity contribution is 0.0737. The smallest absolute Gasteiger partial charge is 0.273 e. The fraction of sp³-hybridized carbons (Fsp3) is 0.238. The highest BCUT2D eigenvalue weighted by molar-refractivity contribution is 6.06. The van der Waals surface area contributed by atoms with Crippen molar-refractivity contribution in [3.63, 3.8) is 0 Å². The van der Waals surface area contributed by atoms with Gasteiger partial charge in [0.15, 0.2) is 0 Å². The highest BCUT2D eigenvalue weighted by Gasteiger charge is 2.21. The third kappa shape index (κ3) is 3.02. The minimum absolute atomic E-state index is 0.0293. The van der Waals surface area contributed by atoms with Gasteiger partial charge in [0.05, 0.1) is 5.69 Å². The van der Waals surface area contributed by atoms with E-state index in [-0.39, 0.29) is 11.9 Å². The first-order chi connectivity index (χ1) is 11.6. The number of rotatable bonds is 4. The zero-order valence-corrected chi connectivity index (χ0v) is 14.4. The summed E-state index contributed by atoms with van der Waals surface area (Å²) in [6.07, 6.45) is 0.915. The lowest BCUT2D eigenvalue weighted by Gasteiger charge is -2.24. The first-order valence-electron chi connectivity index (χ1n) is 8.34. The molecule has 1 unspecified atom stereocenters. The fourth-order valence-electron chi connectivity index (χ4n) is 2.76. The first-order valence-corrected chi connectivity index (χ1v) is 8.34. The van der Waals surface area contributed by atoms with Crippen molar-refractivity contribution in [2.75, 3.05) is 7.05 Å². The number of carbonyl (C=O) groups is 1. The molecule has 24 heavy (non-hydrogen) atoms. The van der Waals surface area contributed by atoms with Gasteiger partial charge in [-0.15, -0.1) is 0 Å². The molecule has 0 aliphatic carbocycles. The van der Waals surface area contributed by atoms with Crippen molar-refractivity contribution < 1.29 is 4.79 Å². The topological polar surface area (TPSA) is 33.2 Å². The van der Waals surface area contributed by atoms with Crippen molar-refractivity contribution in [3.8, 4) is 11.3 Å². The summed E-state index contributed by atoms with van der Waals surface area (Å²) in [5, 5.41) is 1.93. The Kier molecular flexibility index (Phi) is 4.61. The number of aromatic nitrogens is 1. The number of hydrogen-bond donors (Lipinski definition) is 0. The molecule has 0 N–H and O–H groups in total. The Morgan fingerprint density at radius 2 is 1.75 bits per heavy atom. The van der Waals surface area contributed by atoms with Crippen LogP contribution >= 0.6 is 0 Å². The van der Waals surface area contributed by atoms with Gasteiger partial charge in [0, 0.05) is 24.0 Å². The molecule has 0 spiro atoms. The quantitative estimate of drug-likeness (QED) is 0.694. The van der Waals surface area contributed by atoms with Gasteiger partial charge in [-0.1, -0.05) is 61.5 Å². The van der Waals surface area contributed by atoms with Crippen molar-refractivity contribution in [3.05, 3.63) is 66.4 Å². The molecule has 0 radical (unpaired) electrons. The third-order valence-corrected chi connectivity index (χ3v) is 4.58. The van der Waals surface area contributed by atoms with E-state index in [1.807, 2.05) is 67.7 Å². The Morgan fingerprint density at radius 1 is 1.08 bits per heavy atom. The van der Waals surface area contributed by atoms with Crippen molar-refractivity contribution in [1.29, 1.82) is 0 Å². The van der Waals surface area contributed by atoms with Gasteiger partial charge in [0.1, 0.15) is 5.69 Å². The standard InChI is InChI=1S/C21H22N2O/c1-4-15(2)23(3)21(24)20-18-13-9-8-12-17(18)14-19(22-20)16-10-6-5-7-11-16/h5-15H,4H2,1-3H3. The Labute approximate surface area is 143 Å². The van der Waals surface area contributed by atoms with Gasteiger partial charge in [-0.05, 0) is 24.8 Å². The van der Waals surface area contributed by atoms with E-state index in [4.69, 9.17) is 4.98 Å². The molecule has 3 rings (SSSR count). The summed E-state index contributed by atoms with van der Waals surface area (Å²) < 4.78 is 0. The molecule has 0 saturated carbocycles. The van der Waals surface area contributed by atoms with Crippen LogP contribution in [-0.2, 0) is 0 Å². The summed E-state index contributed by atoms with van der Waals surface area (Å²) in [5.74, 6) is -0.0293. The van der Waals surface area contributed by atoms with Crippen molar-refractivity contribution >= 4 is 16.7 Å². The van der Waals surface area contributed by atoms with Crippen LogP contribution < -0.4 is 0 Å². The SMILES string of the molecule is CCC(C)N(C)C(=O)c1nc(-c2ccccc2)cc2ccccc12. The Balaban J connectivity index is 2.17. The molecule has 122 valence electrons. The predicted molar refractivity (Wildman–Crippen MR) is 99.0 cm³/mol. The van der Waals surface area contributed by atoms with E-state index in [1.54, 1.807) is 4.90 Å². The van der Waals surface area contributed by atoms with E-state index in [0.29, 0.717) is 5.69 Å². The van der Waals surface area contributed by atoms with E-state index in [1.165, 1.54) is 0 Å². The zero-order chi connectivity index (χ0) is 17.1. The summed E-state index contributed by atoms with van der Waals surface area (Å²) in [7, 11) is 1.85. The van der Waals surface area contributed by atoms with Gasteiger partial charge >= 0.3 is 0 Å². The molecule has 1 heterocycles. The molecular formula is C21H22N2O. The van der Waals surface area contributed by atoms with E-state index < -0.39 is 0 Å². The summed E-state index contributed by atoms with van der Waals surface area (Å²) in [6.45, 7) is 4.14. The molecule has 2 aromatic carbocycles. The molecule has 0 aliphatic heterocycles. The van der Waals surface area contributed by atoms with E-state index >= 15 is 0 Å². The summed E-state index contributed by atoms with van der Waals surface area (Å²) in [5.41, 5.74) is 2.37. The van der Waals surface area contributed by atoms with Gasteiger partial charge < -0.3 is 4.90 Å². The maximum absolute atomic E-state index is 13.0. The number of carbonyl (C=O) groups excluding carboxylic acids is 1. The van der Waals surface area contributed by atoms with Crippen LogP contribution in [-0.4, -0.2) is 28.9 Å². The van der Waals surface area contributed by atoms with E-state index in [9.17, 15) is 4.79 Å². The molecule has 0 aliphatic rings. The Morgan fingerprint density at radius 3 is 2.46 bits per heavy atom. The van der Waals surface area contributed by atoms with Crippen molar-refractivity contribution in [2.24, 2.45) is 0 Å². The number of nitrogens with zero attached hydrogens (tertiary/aromatic N) is 2. The van der Waals surface area contributed by atoms with Crippen molar-refractivity contribution in [1.82, 2.24) is 9.88 Å². The minimum Gasteiger partial charge on any atom is -0.338 e. The van der Waals surface area contributed by atoms with Crippen LogP contribution in [0.15, 0.2) is 60.7 Å². The lowest BCUT2D eigenvalue weighted by Crippen LogP contribution is -2.35. The second kappa shape index (κ2) is 6.83. The monoisotopic (exact) mass is 318 g/mol. The van der Waals surface area contributed by atoms with E-state index in [2.05, 4.69) is 13.8 Å². The predicted octanol–water partition coefficient (Wildman–Crippen LogP) is 4.77. The molecule has 3 aromatic rings. The summed E-state index contributed by atoms with van der Waals surface area (Å²) in [4.78, 5) is 19.5. The lowest BCUT2D eigenvalue weighted by atomic mass is 10.0. The van der Waals surface area contributed by atoms with Crippen LogP contribution in [0.3, 0.4) is 0 Å². The average Bonchev–Trinajstić information content (AvgIpc) is 2.66. The number of hydrogen-bond acceptors (Lipinski definition) is 2. The second-order valence-electron chi connectivity index (χ2n) is 6.12. The van der Waals surface area contributed by atoms with Crippen LogP contribution in [0.4, 0.5) is 0 Å². The second-order valence-corrected chi connectivity index (χ2v) is 6.12. The average molecular weight is 318 g/mol. The fourth-order valence-corrected chi connectivity index (χ4v) is 2.76. The largest absolute Gasteiger partial charge is 0.338 e. The molecule has 1 aromatic heterocycles. The highest BCUT2D eigenvalue weighted by atomic mass is 16.2. The number of fused-ring (bicyclic) bond motifs is 1. The minimum atomic E-state index is -0.0293. The Hall–Kier alpha value is -2.68. The van der Waals surface area contributed by atoms with Crippen LogP contribution in [0, 0.1) is 0 Å². The van der Waals surface area contributed by atoms with Crippen molar-refractivity contribution in [2.45, 2.75) is 26.3 Å². The summed E-state index contributed by atoms with van der Waals surface area (Å²) >= 11 is 0. The van der Waals surface area contributed by atoms with Gasteiger partial charge in [-0.3, -0.25) is 4.79 Å². The number of pyridine rings is 1. The first kappa shape index (κ1) is 16.2. The summed E-state index contributed by atoms with van der Waals surface area (Å²) in [6, 6.07) is 20.1. The Bertz CT molecular complexity index is 858. The van der Waals surface area contributed by atoms with Gasteiger partial charge in [0.25, 0.3) is 5.91 Å². The number of benzene rings is 2. The maximum Gasteiger partial charge on any atom is 0.273 e. The van der Waals surface area contributed by atoms with Gasteiger partial charge in [0.2, 0.25) is 0 Å².